The second kappa shape index (κ2) is 7.62. The maximum absolute atomic E-state index is 12.4. The SMILES string of the molecule is Cc1ccc(SCCc2cc(O)c(-c3ccccc3C)c(=O)o2)cc1. The topological polar surface area (TPSA) is 50.4 Å². The van der Waals surface area contributed by atoms with Crippen LogP contribution in [0.5, 0.6) is 5.75 Å². The van der Waals surface area contributed by atoms with E-state index in [2.05, 4.69) is 31.2 Å². The summed E-state index contributed by atoms with van der Waals surface area (Å²) in [7, 11) is 0. The van der Waals surface area contributed by atoms with E-state index in [0.717, 1.165) is 11.3 Å². The van der Waals surface area contributed by atoms with Gasteiger partial charge in [-0.2, -0.15) is 0 Å². The molecule has 4 heteroatoms. The molecule has 1 heterocycles. The van der Waals surface area contributed by atoms with Gasteiger partial charge in [0, 0.05) is 23.1 Å². The van der Waals surface area contributed by atoms with Gasteiger partial charge >= 0.3 is 5.63 Å². The number of aryl methyl sites for hydroxylation is 3. The van der Waals surface area contributed by atoms with E-state index in [9.17, 15) is 9.90 Å². The molecule has 0 aliphatic carbocycles. The van der Waals surface area contributed by atoms with Crippen LogP contribution in [0.4, 0.5) is 0 Å². The van der Waals surface area contributed by atoms with Gasteiger partial charge in [-0.25, -0.2) is 4.79 Å². The summed E-state index contributed by atoms with van der Waals surface area (Å²) in [6.07, 6.45) is 0.579. The van der Waals surface area contributed by atoms with Gasteiger partial charge in [0.05, 0.1) is 0 Å². The Balaban J connectivity index is 1.75. The van der Waals surface area contributed by atoms with E-state index < -0.39 is 5.63 Å². The van der Waals surface area contributed by atoms with Crippen LogP contribution in [-0.2, 0) is 6.42 Å². The summed E-state index contributed by atoms with van der Waals surface area (Å²) in [6, 6.07) is 17.3. The highest BCUT2D eigenvalue weighted by Gasteiger charge is 2.15. The van der Waals surface area contributed by atoms with Crippen molar-refractivity contribution in [3.63, 3.8) is 0 Å². The van der Waals surface area contributed by atoms with Gasteiger partial charge in [-0.3, -0.25) is 0 Å². The Bertz CT molecular complexity index is 927. The van der Waals surface area contributed by atoms with Crippen LogP contribution < -0.4 is 5.63 Å². The molecule has 0 atom stereocenters. The lowest BCUT2D eigenvalue weighted by Gasteiger charge is -2.08. The number of aromatic hydroxyl groups is 1. The van der Waals surface area contributed by atoms with E-state index in [-0.39, 0.29) is 11.3 Å². The molecule has 0 radical (unpaired) electrons. The zero-order valence-electron chi connectivity index (χ0n) is 14.3. The van der Waals surface area contributed by atoms with Gasteiger partial charge in [-0.1, -0.05) is 42.0 Å². The van der Waals surface area contributed by atoms with Crippen molar-refractivity contribution in [1.29, 1.82) is 0 Å². The van der Waals surface area contributed by atoms with Crippen molar-refractivity contribution in [2.75, 3.05) is 5.75 Å². The molecule has 2 aromatic carbocycles. The van der Waals surface area contributed by atoms with Crippen molar-refractivity contribution in [3.8, 4) is 16.9 Å². The quantitative estimate of drug-likeness (QED) is 0.659. The fraction of sp³-hybridized carbons (Fsp3) is 0.190. The van der Waals surface area contributed by atoms with Crippen LogP contribution >= 0.6 is 11.8 Å². The van der Waals surface area contributed by atoms with Crippen LogP contribution in [0.2, 0.25) is 0 Å². The Kier molecular flexibility index (Phi) is 5.29. The summed E-state index contributed by atoms with van der Waals surface area (Å²) in [6.45, 7) is 3.96. The minimum absolute atomic E-state index is 0.0270. The zero-order valence-corrected chi connectivity index (χ0v) is 15.1. The zero-order chi connectivity index (χ0) is 17.8. The van der Waals surface area contributed by atoms with E-state index >= 15 is 0 Å². The van der Waals surface area contributed by atoms with E-state index in [1.807, 2.05) is 31.2 Å². The van der Waals surface area contributed by atoms with Crippen molar-refractivity contribution in [1.82, 2.24) is 0 Å². The first-order chi connectivity index (χ1) is 12.0. The lowest BCUT2D eigenvalue weighted by Crippen LogP contribution is -2.06. The van der Waals surface area contributed by atoms with Crippen molar-refractivity contribution < 1.29 is 9.52 Å². The van der Waals surface area contributed by atoms with Crippen molar-refractivity contribution in [3.05, 3.63) is 81.9 Å². The smallest absolute Gasteiger partial charge is 0.347 e. The van der Waals surface area contributed by atoms with E-state index in [1.54, 1.807) is 17.8 Å². The maximum Gasteiger partial charge on any atom is 0.347 e. The van der Waals surface area contributed by atoms with Gasteiger partial charge in [0.25, 0.3) is 0 Å². The Labute approximate surface area is 151 Å². The third-order valence-corrected chi connectivity index (χ3v) is 5.05. The number of thioether (sulfide) groups is 1. The molecule has 0 saturated heterocycles. The Morgan fingerprint density at radius 1 is 1.04 bits per heavy atom. The molecule has 25 heavy (non-hydrogen) atoms. The molecule has 0 bridgehead atoms. The van der Waals surface area contributed by atoms with Crippen LogP contribution in [0.25, 0.3) is 11.1 Å². The first kappa shape index (κ1) is 17.4. The first-order valence-electron chi connectivity index (χ1n) is 8.16. The molecule has 128 valence electrons. The Hall–Kier alpha value is -2.46. The van der Waals surface area contributed by atoms with Gasteiger partial charge in [0.15, 0.2) is 0 Å². The third-order valence-electron chi connectivity index (χ3n) is 4.03. The highest BCUT2D eigenvalue weighted by molar-refractivity contribution is 7.99. The molecule has 1 N–H and O–H groups in total. The average molecular weight is 352 g/mol. The number of rotatable bonds is 5. The number of hydrogen-bond acceptors (Lipinski definition) is 4. The summed E-state index contributed by atoms with van der Waals surface area (Å²) >= 11 is 1.70. The molecule has 0 saturated carbocycles. The van der Waals surface area contributed by atoms with Crippen LogP contribution in [0.15, 0.2) is 68.7 Å². The summed E-state index contributed by atoms with van der Waals surface area (Å²) in [4.78, 5) is 13.5. The van der Waals surface area contributed by atoms with Crippen LogP contribution in [0.1, 0.15) is 16.9 Å². The molecule has 3 aromatic rings. The largest absolute Gasteiger partial charge is 0.507 e. The monoisotopic (exact) mass is 352 g/mol. The van der Waals surface area contributed by atoms with Crippen LogP contribution in [0.3, 0.4) is 0 Å². The van der Waals surface area contributed by atoms with Crippen molar-refractivity contribution in [2.45, 2.75) is 25.2 Å². The molecule has 0 aliphatic rings. The lowest BCUT2D eigenvalue weighted by atomic mass is 10.0. The highest BCUT2D eigenvalue weighted by atomic mass is 32.2. The molecular weight excluding hydrogens is 332 g/mol. The van der Waals surface area contributed by atoms with E-state index in [1.165, 1.54) is 10.5 Å². The van der Waals surface area contributed by atoms with Crippen molar-refractivity contribution >= 4 is 11.8 Å². The summed E-state index contributed by atoms with van der Waals surface area (Å²) < 4.78 is 5.43. The lowest BCUT2D eigenvalue weighted by molar-refractivity contribution is 0.430. The molecule has 3 rings (SSSR count). The Morgan fingerprint density at radius 3 is 2.44 bits per heavy atom. The summed E-state index contributed by atoms with van der Waals surface area (Å²) in [5.41, 5.74) is 2.59. The summed E-state index contributed by atoms with van der Waals surface area (Å²) in [5.74, 6) is 1.25. The predicted molar refractivity (Wildman–Crippen MR) is 102 cm³/mol. The molecular formula is C21H20O3S. The normalized spacial score (nSPS) is 10.8. The Morgan fingerprint density at radius 2 is 1.76 bits per heavy atom. The van der Waals surface area contributed by atoms with Crippen molar-refractivity contribution in [2.24, 2.45) is 0 Å². The second-order valence-corrected chi connectivity index (χ2v) is 7.16. The number of hydrogen-bond donors (Lipinski definition) is 1. The standard InChI is InChI=1S/C21H20O3S/c1-14-7-9-17(10-8-14)25-12-11-16-13-19(22)20(21(23)24-16)18-6-4-3-5-15(18)2/h3-10,13,22H,11-12H2,1-2H3. The average Bonchev–Trinajstić information content (AvgIpc) is 2.58. The van der Waals surface area contributed by atoms with Crippen LogP contribution in [-0.4, -0.2) is 10.9 Å². The molecule has 0 fully saturated rings. The molecule has 0 aliphatic heterocycles. The van der Waals surface area contributed by atoms with Gasteiger partial charge in [0.2, 0.25) is 0 Å². The second-order valence-electron chi connectivity index (χ2n) is 5.99. The molecule has 1 aromatic heterocycles. The molecule has 0 unspecified atom stereocenters. The first-order valence-corrected chi connectivity index (χ1v) is 9.14. The van der Waals surface area contributed by atoms with Crippen LogP contribution in [0, 0.1) is 13.8 Å². The van der Waals surface area contributed by atoms with Gasteiger partial charge in [0.1, 0.15) is 17.1 Å². The molecule has 0 amide bonds. The fourth-order valence-electron chi connectivity index (χ4n) is 2.66. The minimum Gasteiger partial charge on any atom is -0.507 e. The molecule has 0 spiro atoms. The fourth-order valence-corrected chi connectivity index (χ4v) is 3.52. The number of benzene rings is 2. The predicted octanol–water partition coefficient (Wildman–Crippen LogP) is 4.96. The summed E-state index contributed by atoms with van der Waals surface area (Å²) in [5, 5.41) is 10.3. The van der Waals surface area contributed by atoms with E-state index in [0.29, 0.717) is 17.7 Å². The van der Waals surface area contributed by atoms with Gasteiger partial charge < -0.3 is 9.52 Å². The minimum atomic E-state index is -0.496. The van der Waals surface area contributed by atoms with E-state index in [4.69, 9.17) is 4.42 Å². The molecule has 3 nitrogen and oxygen atoms in total. The highest BCUT2D eigenvalue weighted by Crippen LogP contribution is 2.29. The maximum atomic E-state index is 12.4. The van der Waals surface area contributed by atoms with Gasteiger partial charge in [-0.15, -0.1) is 11.8 Å². The van der Waals surface area contributed by atoms with Gasteiger partial charge in [-0.05, 0) is 37.1 Å². The third kappa shape index (κ3) is 4.15.